The van der Waals surface area contributed by atoms with E-state index in [4.69, 9.17) is 4.74 Å². The highest BCUT2D eigenvalue weighted by Gasteiger charge is 2.30. The highest BCUT2D eigenvalue weighted by Crippen LogP contribution is 2.30. The van der Waals surface area contributed by atoms with Gasteiger partial charge >= 0.3 is 6.18 Å². The summed E-state index contributed by atoms with van der Waals surface area (Å²) in [7, 11) is 0. The van der Waals surface area contributed by atoms with E-state index in [1.165, 1.54) is 23.3 Å². The molecule has 3 rings (SSSR count). The highest BCUT2D eigenvalue weighted by molar-refractivity contribution is 5.32. The van der Waals surface area contributed by atoms with Crippen molar-refractivity contribution in [3.8, 4) is 5.75 Å². The average molecular weight is 321 g/mol. The number of alkyl halides is 3. The third-order valence-electron chi connectivity index (χ3n) is 4.09. The second-order valence-corrected chi connectivity index (χ2v) is 5.81. The summed E-state index contributed by atoms with van der Waals surface area (Å²) >= 11 is 0. The van der Waals surface area contributed by atoms with Gasteiger partial charge in [0.1, 0.15) is 12.5 Å². The van der Waals surface area contributed by atoms with Gasteiger partial charge in [0, 0.05) is 6.54 Å². The minimum atomic E-state index is -4.31. The zero-order valence-electron chi connectivity index (χ0n) is 12.6. The molecular weight excluding hydrogens is 303 g/mol. The molecule has 1 N–H and O–H groups in total. The molecule has 2 aromatic rings. The van der Waals surface area contributed by atoms with Gasteiger partial charge in [0.15, 0.2) is 0 Å². The van der Waals surface area contributed by atoms with E-state index in [0.717, 1.165) is 31.5 Å². The maximum absolute atomic E-state index is 12.5. The van der Waals surface area contributed by atoms with Gasteiger partial charge in [-0.25, -0.2) is 0 Å². The van der Waals surface area contributed by atoms with Crippen LogP contribution in [0.3, 0.4) is 0 Å². The Morgan fingerprint density at radius 2 is 1.57 bits per heavy atom. The number of benzene rings is 2. The molecule has 0 saturated heterocycles. The molecule has 1 aliphatic rings. The fourth-order valence-electron chi connectivity index (χ4n) is 2.93. The standard InChI is InChI=1S/C18H18F3NO/c19-18(20,21)16-5-7-17(8-6-16)23-12-22-11-13-9-14-3-1-2-4-15(14)10-13/h1-8,13,22H,9-12H2. The van der Waals surface area contributed by atoms with Crippen LogP contribution in [-0.4, -0.2) is 13.3 Å². The first kappa shape index (κ1) is 15.9. The molecule has 0 amide bonds. The van der Waals surface area contributed by atoms with Crippen molar-refractivity contribution in [2.75, 3.05) is 13.3 Å². The van der Waals surface area contributed by atoms with Gasteiger partial charge in [-0.3, -0.25) is 5.32 Å². The Balaban J connectivity index is 1.41. The summed E-state index contributed by atoms with van der Waals surface area (Å²) in [5.74, 6) is 0.976. The van der Waals surface area contributed by atoms with Crippen LogP contribution in [0.4, 0.5) is 13.2 Å². The van der Waals surface area contributed by atoms with Gasteiger partial charge in [-0.05, 0) is 54.2 Å². The van der Waals surface area contributed by atoms with Crippen LogP contribution in [0.5, 0.6) is 5.75 Å². The number of fused-ring (bicyclic) bond motifs is 1. The van der Waals surface area contributed by atoms with Crippen molar-refractivity contribution in [3.63, 3.8) is 0 Å². The molecule has 5 heteroatoms. The second kappa shape index (κ2) is 6.62. The Bertz CT molecular complexity index is 627. The molecule has 0 aliphatic heterocycles. The Morgan fingerprint density at radius 3 is 2.13 bits per heavy atom. The zero-order valence-corrected chi connectivity index (χ0v) is 12.6. The molecule has 0 atom stereocenters. The Kier molecular flexibility index (Phi) is 4.57. The SMILES string of the molecule is FC(F)(F)c1ccc(OCNCC2Cc3ccccc3C2)cc1. The van der Waals surface area contributed by atoms with E-state index in [-0.39, 0.29) is 6.73 Å². The van der Waals surface area contributed by atoms with Gasteiger partial charge in [-0.1, -0.05) is 24.3 Å². The van der Waals surface area contributed by atoms with Crippen LogP contribution < -0.4 is 10.1 Å². The predicted octanol–water partition coefficient (Wildman–Crippen LogP) is 4.05. The van der Waals surface area contributed by atoms with Crippen LogP contribution in [0.25, 0.3) is 0 Å². The molecule has 0 aromatic heterocycles. The highest BCUT2D eigenvalue weighted by atomic mass is 19.4. The molecule has 0 radical (unpaired) electrons. The topological polar surface area (TPSA) is 21.3 Å². The van der Waals surface area contributed by atoms with E-state index in [1.54, 1.807) is 0 Å². The molecule has 0 fully saturated rings. The molecular formula is C18H18F3NO. The van der Waals surface area contributed by atoms with Crippen LogP contribution in [0.15, 0.2) is 48.5 Å². The van der Waals surface area contributed by atoms with Crippen LogP contribution in [0.2, 0.25) is 0 Å². The molecule has 0 bridgehead atoms. The lowest BCUT2D eigenvalue weighted by molar-refractivity contribution is -0.137. The molecule has 0 spiro atoms. The number of rotatable bonds is 5. The fraction of sp³-hybridized carbons (Fsp3) is 0.333. The zero-order chi connectivity index (χ0) is 16.3. The number of halogens is 3. The molecule has 2 nitrogen and oxygen atoms in total. The molecule has 23 heavy (non-hydrogen) atoms. The number of nitrogens with one attached hydrogen (secondary N) is 1. The maximum Gasteiger partial charge on any atom is 0.416 e. The first-order valence-corrected chi connectivity index (χ1v) is 7.60. The summed E-state index contributed by atoms with van der Waals surface area (Å²) in [5.41, 5.74) is 2.15. The lowest BCUT2D eigenvalue weighted by Crippen LogP contribution is -2.27. The molecule has 1 aliphatic carbocycles. The van der Waals surface area contributed by atoms with Crippen molar-refractivity contribution in [2.24, 2.45) is 5.92 Å². The fourth-order valence-corrected chi connectivity index (χ4v) is 2.93. The van der Waals surface area contributed by atoms with Gasteiger partial charge in [0.25, 0.3) is 0 Å². The van der Waals surface area contributed by atoms with E-state index in [1.807, 2.05) is 0 Å². The molecule has 122 valence electrons. The first-order valence-electron chi connectivity index (χ1n) is 7.60. The van der Waals surface area contributed by atoms with E-state index >= 15 is 0 Å². The van der Waals surface area contributed by atoms with E-state index in [2.05, 4.69) is 29.6 Å². The van der Waals surface area contributed by atoms with Crippen molar-refractivity contribution in [1.82, 2.24) is 5.32 Å². The second-order valence-electron chi connectivity index (χ2n) is 5.81. The van der Waals surface area contributed by atoms with E-state index in [9.17, 15) is 13.2 Å². The molecule has 0 unspecified atom stereocenters. The quantitative estimate of drug-likeness (QED) is 0.663. The predicted molar refractivity (Wildman–Crippen MR) is 82.3 cm³/mol. The summed E-state index contributed by atoms with van der Waals surface area (Å²) < 4.78 is 42.8. The summed E-state index contributed by atoms with van der Waals surface area (Å²) in [4.78, 5) is 0. The van der Waals surface area contributed by atoms with Crippen LogP contribution in [0, 0.1) is 5.92 Å². The minimum absolute atomic E-state index is 0.290. The number of ether oxygens (including phenoxy) is 1. The Hall–Kier alpha value is -2.01. The van der Waals surface area contributed by atoms with Crippen molar-refractivity contribution in [3.05, 3.63) is 65.2 Å². The third kappa shape index (κ3) is 4.05. The largest absolute Gasteiger partial charge is 0.478 e. The smallest absolute Gasteiger partial charge is 0.416 e. The average Bonchev–Trinajstić information content (AvgIpc) is 2.94. The number of hydrogen-bond acceptors (Lipinski definition) is 2. The van der Waals surface area contributed by atoms with Crippen molar-refractivity contribution in [1.29, 1.82) is 0 Å². The molecule has 0 saturated carbocycles. The van der Waals surface area contributed by atoms with Crippen LogP contribution >= 0.6 is 0 Å². The number of hydrogen-bond donors (Lipinski definition) is 1. The van der Waals surface area contributed by atoms with Gasteiger partial charge in [-0.2, -0.15) is 13.2 Å². The monoisotopic (exact) mass is 321 g/mol. The summed E-state index contributed by atoms with van der Waals surface area (Å²) in [6.07, 6.45) is -2.19. The molecule has 0 heterocycles. The Morgan fingerprint density at radius 1 is 0.957 bits per heavy atom. The van der Waals surface area contributed by atoms with Crippen molar-refractivity contribution in [2.45, 2.75) is 19.0 Å². The van der Waals surface area contributed by atoms with Crippen LogP contribution in [0.1, 0.15) is 16.7 Å². The van der Waals surface area contributed by atoms with Gasteiger partial charge in [-0.15, -0.1) is 0 Å². The summed E-state index contributed by atoms with van der Waals surface area (Å²) in [6, 6.07) is 13.2. The van der Waals surface area contributed by atoms with Gasteiger partial charge in [0.05, 0.1) is 5.56 Å². The van der Waals surface area contributed by atoms with Crippen molar-refractivity contribution >= 4 is 0 Å². The third-order valence-corrected chi connectivity index (χ3v) is 4.09. The van der Waals surface area contributed by atoms with E-state index in [0.29, 0.717) is 11.7 Å². The normalized spacial score (nSPS) is 14.7. The lowest BCUT2D eigenvalue weighted by atomic mass is 10.1. The summed E-state index contributed by atoms with van der Waals surface area (Å²) in [5, 5.41) is 3.21. The first-order chi connectivity index (χ1) is 11.0. The molecule has 2 aromatic carbocycles. The van der Waals surface area contributed by atoms with Crippen LogP contribution in [-0.2, 0) is 19.0 Å². The van der Waals surface area contributed by atoms with Crippen molar-refractivity contribution < 1.29 is 17.9 Å². The van der Waals surface area contributed by atoms with Gasteiger partial charge < -0.3 is 4.74 Å². The van der Waals surface area contributed by atoms with Gasteiger partial charge in [0.2, 0.25) is 0 Å². The maximum atomic E-state index is 12.5. The Labute approximate surface area is 133 Å². The van der Waals surface area contributed by atoms with E-state index < -0.39 is 11.7 Å². The summed E-state index contributed by atoms with van der Waals surface area (Å²) in [6.45, 7) is 1.12. The lowest BCUT2D eigenvalue weighted by Gasteiger charge is -2.12. The minimum Gasteiger partial charge on any atom is -0.478 e.